The fraction of sp³-hybridized carbons (Fsp3) is 0.357. The molecule has 0 fully saturated rings. The van der Waals surface area contributed by atoms with Gasteiger partial charge in [0.1, 0.15) is 0 Å². The first-order valence-electron chi connectivity index (χ1n) is 5.98. The Balaban J connectivity index is 3.01. The third-order valence-corrected chi connectivity index (χ3v) is 2.79. The molecule has 0 heterocycles. The molecule has 19 heavy (non-hydrogen) atoms. The quantitative estimate of drug-likeness (QED) is 0.847. The number of carbonyl (C=O) groups is 3. The van der Waals surface area contributed by atoms with Crippen molar-refractivity contribution in [3.63, 3.8) is 0 Å². The number of aromatic carboxylic acids is 1. The molecule has 0 aliphatic carbocycles. The second kappa shape index (κ2) is 6.13. The van der Waals surface area contributed by atoms with Crippen LogP contribution in [-0.2, 0) is 4.79 Å². The Labute approximate surface area is 111 Å². The van der Waals surface area contributed by atoms with Gasteiger partial charge in [0.25, 0.3) is 5.91 Å². The summed E-state index contributed by atoms with van der Waals surface area (Å²) in [5, 5.41) is 11.6. The van der Waals surface area contributed by atoms with Gasteiger partial charge in [0.2, 0.25) is 0 Å². The molecule has 0 aliphatic heterocycles. The van der Waals surface area contributed by atoms with Gasteiger partial charge in [-0.2, -0.15) is 0 Å². The fourth-order valence-corrected chi connectivity index (χ4v) is 1.82. The van der Waals surface area contributed by atoms with Crippen LogP contribution in [0.2, 0.25) is 0 Å². The lowest BCUT2D eigenvalue weighted by Gasteiger charge is -2.19. The van der Waals surface area contributed by atoms with Gasteiger partial charge in [0, 0.05) is 0 Å². The number of rotatable bonds is 5. The Morgan fingerprint density at radius 1 is 1.11 bits per heavy atom. The monoisotopic (exact) mass is 263 g/mol. The van der Waals surface area contributed by atoms with Crippen molar-refractivity contribution in [2.24, 2.45) is 5.92 Å². The topological polar surface area (TPSA) is 83.5 Å². The molecular weight excluding hydrogens is 246 g/mol. The van der Waals surface area contributed by atoms with Crippen LogP contribution in [0.25, 0.3) is 0 Å². The van der Waals surface area contributed by atoms with Crippen molar-refractivity contribution in [3.8, 4) is 0 Å². The lowest BCUT2D eigenvalue weighted by Crippen LogP contribution is -2.43. The molecule has 5 heteroatoms. The Bertz CT molecular complexity index is 508. The van der Waals surface area contributed by atoms with Gasteiger partial charge in [-0.25, -0.2) is 4.79 Å². The summed E-state index contributed by atoms with van der Waals surface area (Å²) in [7, 11) is 0. The Morgan fingerprint density at radius 3 is 2.05 bits per heavy atom. The molecule has 1 aromatic carbocycles. The first kappa shape index (κ1) is 14.9. The lowest BCUT2D eigenvalue weighted by atomic mass is 9.99. The van der Waals surface area contributed by atoms with E-state index in [2.05, 4.69) is 5.32 Å². The van der Waals surface area contributed by atoms with Crippen LogP contribution in [0.1, 0.15) is 41.5 Å². The molecule has 0 bridgehead atoms. The number of amides is 1. The number of carbonyl (C=O) groups excluding carboxylic acids is 2. The average molecular weight is 263 g/mol. The van der Waals surface area contributed by atoms with Crippen molar-refractivity contribution in [3.05, 3.63) is 35.4 Å². The summed E-state index contributed by atoms with van der Waals surface area (Å²) in [6, 6.07) is 5.30. The maximum Gasteiger partial charge on any atom is 0.336 e. The van der Waals surface area contributed by atoms with Crippen LogP contribution in [0, 0.1) is 5.92 Å². The van der Waals surface area contributed by atoms with E-state index < -0.39 is 17.9 Å². The standard InChI is InChI=1S/C14H17NO4/c1-8(2)12(9(3)16)15-13(17)10-6-4-5-7-11(10)14(18)19/h4-8,12H,1-3H3,(H,15,17)(H,18,19)/t12-/m0/s1. The van der Waals surface area contributed by atoms with Crippen molar-refractivity contribution in [2.45, 2.75) is 26.8 Å². The number of benzene rings is 1. The highest BCUT2D eigenvalue weighted by Crippen LogP contribution is 2.11. The molecule has 0 unspecified atom stereocenters. The summed E-state index contributed by atoms with van der Waals surface area (Å²) >= 11 is 0. The molecule has 1 atom stereocenters. The first-order chi connectivity index (χ1) is 8.84. The maximum atomic E-state index is 12.1. The van der Waals surface area contributed by atoms with E-state index >= 15 is 0 Å². The van der Waals surface area contributed by atoms with Crippen molar-refractivity contribution in [1.29, 1.82) is 0 Å². The van der Waals surface area contributed by atoms with Gasteiger partial charge >= 0.3 is 5.97 Å². The normalized spacial score (nSPS) is 12.0. The summed E-state index contributed by atoms with van der Waals surface area (Å²) in [5.41, 5.74) is -0.0204. The molecule has 1 rings (SSSR count). The molecule has 0 saturated carbocycles. The summed E-state index contributed by atoms with van der Waals surface area (Å²) < 4.78 is 0. The van der Waals surface area contributed by atoms with E-state index in [1.165, 1.54) is 19.1 Å². The van der Waals surface area contributed by atoms with Gasteiger partial charge in [0.15, 0.2) is 5.78 Å². The predicted molar refractivity (Wildman–Crippen MR) is 70.2 cm³/mol. The van der Waals surface area contributed by atoms with Crippen LogP contribution >= 0.6 is 0 Å². The highest BCUT2D eigenvalue weighted by atomic mass is 16.4. The molecule has 0 radical (unpaired) electrons. The fourth-order valence-electron chi connectivity index (χ4n) is 1.82. The minimum absolute atomic E-state index is 0.0570. The van der Waals surface area contributed by atoms with Crippen LogP contribution < -0.4 is 5.32 Å². The lowest BCUT2D eigenvalue weighted by molar-refractivity contribution is -0.119. The largest absolute Gasteiger partial charge is 0.478 e. The molecule has 102 valence electrons. The van der Waals surface area contributed by atoms with Gasteiger partial charge in [-0.15, -0.1) is 0 Å². The van der Waals surface area contributed by atoms with E-state index in [0.717, 1.165) is 0 Å². The molecule has 2 N–H and O–H groups in total. The Morgan fingerprint density at radius 2 is 1.63 bits per heavy atom. The smallest absolute Gasteiger partial charge is 0.336 e. The van der Waals surface area contributed by atoms with Crippen molar-refractivity contribution >= 4 is 17.7 Å². The SMILES string of the molecule is CC(=O)[C@@H](NC(=O)c1ccccc1C(=O)O)C(C)C. The van der Waals surface area contributed by atoms with Gasteiger partial charge < -0.3 is 10.4 Å². The maximum absolute atomic E-state index is 12.1. The van der Waals surface area contributed by atoms with Crippen molar-refractivity contribution < 1.29 is 19.5 Å². The first-order valence-corrected chi connectivity index (χ1v) is 5.98. The van der Waals surface area contributed by atoms with Crippen LogP contribution in [-0.4, -0.2) is 28.8 Å². The second-order valence-corrected chi connectivity index (χ2v) is 4.66. The van der Waals surface area contributed by atoms with Gasteiger partial charge in [0.05, 0.1) is 17.2 Å². The number of carboxylic acids is 1. The molecule has 0 aliphatic rings. The molecule has 0 aromatic heterocycles. The zero-order valence-corrected chi connectivity index (χ0v) is 11.1. The zero-order chi connectivity index (χ0) is 14.6. The highest BCUT2D eigenvalue weighted by Gasteiger charge is 2.23. The molecule has 0 saturated heterocycles. The summed E-state index contributed by atoms with van der Waals surface area (Å²) in [6.07, 6.45) is 0. The highest BCUT2D eigenvalue weighted by molar-refractivity contribution is 6.05. The molecule has 0 spiro atoms. The van der Waals surface area contributed by atoms with Crippen molar-refractivity contribution in [2.75, 3.05) is 0 Å². The number of ketones is 1. The summed E-state index contributed by atoms with van der Waals surface area (Å²) in [6.45, 7) is 5.03. The van der Waals surface area contributed by atoms with E-state index in [4.69, 9.17) is 5.11 Å². The summed E-state index contributed by atoms with van der Waals surface area (Å²) in [4.78, 5) is 34.5. The Hall–Kier alpha value is -2.17. The van der Waals surface area contributed by atoms with Crippen LogP contribution in [0.3, 0.4) is 0 Å². The third-order valence-electron chi connectivity index (χ3n) is 2.79. The van der Waals surface area contributed by atoms with Crippen LogP contribution in [0.4, 0.5) is 0 Å². The minimum atomic E-state index is -1.17. The summed E-state index contributed by atoms with van der Waals surface area (Å²) in [5.74, 6) is -1.93. The van der Waals surface area contributed by atoms with Gasteiger partial charge in [-0.3, -0.25) is 9.59 Å². The van der Waals surface area contributed by atoms with Gasteiger partial charge in [-0.1, -0.05) is 26.0 Å². The molecule has 1 amide bonds. The second-order valence-electron chi connectivity index (χ2n) is 4.66. The minimum Gasteiger partial charge on any atom is -0.478 e. The molecule has 5 nitrogen and oxygen atoms in total. The van der Waals surface area contributed by atoms with E-state index in [0.29, 0.717) is 0 Å². The number of nitrogens with one attached hydrogen (secondary N) is 1. The van der Waals surface area contributed by atoms with Gasteiger partial charge in [-0.05, 0) is 25.0 Å². The predicted octanol–water partition coefficient (Wildman–Crippen LogP) is 1.73. The van der Waals surface area contributed by atoms with Crippen LogP contribution in [0.5, 0.6) is 0 Å². The third kappa shape index (κ3) is 3.64. The number of carboxylic acid groups (broad SMARTS) is 1. The number of hydrogen-bond acceptors (Lipinski definition) is 3. The van der Waals surface area contributed by atoms with Crippen LogP contribution in [0.15, 0.2) is 24.3 Å². The van der Waals surface area contributed by atoms with E-state index in [-0.39, 0.29) is 22.8 Å². The number of hydrogen-bond donors (Lipinski definition) is 2. The molecular formula is C14H17NO4. The Kier molecular flexibility index (Phi) is 4.80. The van der Waals surface area contributed by atoms with E-state index in [1.807, 2.05) is 13.8 Å². The number of Topliss-reactive ketones (excluding diaryl/α,β-unsaturated/α-hetero) is 1. The molecule has 1 aromatic rings. The van der Waals surface area contributed by atoms with Crippen molar-refractivity contribution in [1.82, 2.24) is 5.32 Å². The average Bonchev–Trinajstić information content (AvgIpc) is 2.34. The van der Waals surface area contributed by atoms with E-state index in [9.17, 15) is 14.4 Å². The van der Waals surface area contributed by atoms with E-state index in [1.54, 1.807) is 12.1 Å². The zero-order valence-electron chi connectivity index (χ0n) is 11.1.